The zero-order valence-electron chi connectivity index (χ0n) is 18.6. The Bertz CT molecular complexity index is 1130. The summed E-state index contributed by atoms with van der Waals surface area (Å²) in [5.74, 6) is 1.82. The van der Waals surface area contributed by atoms with Gasteiger partial charge in [0.25, 0.3) is 0 Å². The van der Waals surface area contributed by atoms with E-state index in [4.69, 9.17) is 9.47 Å². The van der Waals surface area contributed by atoms with E-state index < -0.39 is 0 Å². The van der Waals surface area contributed by atoms with Crippen LogP contribution < -0.4 is 14.8 Å². The van der Waals surface area contributed by atoms with Crippen molar-refractivity contribution < 1.29 is 14.3 Å². The fourth-order valence-corrected chi connectivity index (χ4v) is 4.97. The fraction of sp³-hybridized carbons (Fsp3) is 0.346. The predicted molar refractivity (Wildman–Crippen MR) is 125 cm³/mol. The van der Waals surface area contributed by atoms with Gasteiger partial charge in [-0.3, -0.25) is 4.79 Å². The predicted octanol–water partition coefficient (Wildman–Crippen LogP) is 4.37. The average Bonchev–Trinajstić information content (AvgIpc) is 3.31. The first-order valence-corrected chi connectivity index (χ1v) is 11.3. The van der Waals surface area contributed by atoms with E-state index in [0.29, 0.717) is 13.0 Å². The number of fused-ring (bicyclic) bond motifs is 4. The van der Waals surface area contributed by atoms with Crippen LogP contribution in [0.2, 0.25) is 0 Å². The molecule has 3 heterocycles. The molecule has 6 nitrogen and oxygen atoms in total. The molecule has 1 N–H and O–H groups in total. The molecule has 5 rings (SSSR count). The second-order valence-corrected chi connectivity index (χ2v) is 8.49. The third-order valence-corrected chi connectivity index (χ3v) is 6.61. The summed E-state index contributed by atoms with van der Waals surface area (Å²) in [7, 11) is 1.65. The van der Waals surface area contributed by atoms with Crippen molar-refractivity contribution in [2.24, 2.45) is 0 Å². The lowest BCUT2D eigenvalue weighted by Crippen LogP contribution is -2.51. The molecule has 6 heteroatoms. The van der Waals surface area contributed by atoms with E-state index in [9.17, 15) is 4.79 Å². The summed E-state index contributed by atoms with van der Waals surface area (Å²) in [5.41, 5.74) is 4.27. The van der Waals surface area contributed by atoms with E-state index >= 15 is 0 Å². The minimum absolute atomic E-state index is 0.165. The molecule has 3 aromatic rings. The van der Waals surface area contributed by atoms with Crippen LogP contribution in [0.4, 0.5) is 5.69 Å². The Hall–Kier alpha value is -3.41. The van der Waals surface area contributed by atoms with Crippen molar-refractivity contribution in [3.8, 4) is 17.2 Å². The van der Waals surface area contributed by atoms with Crippen molar-refractivity contribution in [1.82, 2.24) is 9.47 Å². The molecule has 1 spiro atoms. The number of carbonyl (C=O) groups excluding carboxylic acids is 1. The Labute approximate surface area is 188 Å². The number of anilines is 1. The maximum Gasteiger partial charge on any atom is 0.226 e. The van der Waals surface area contributed by atoms with Crippen LogP contribution in [0.3, 0.4) is 0 Å². The van der Waals surface area contributed by atoms with Gasteiger partial charge in [0.2, 0.25) is 5.91 Å². The number of ether oxygens (including phenoxy) is 2. The molecule has 166 valence electrons. The van der Waals surface area contributed by atoms with Crippen molar-refractivity contribution in [3.05, 3.63) is 72.1 Å². The van der Waals surface area contributed by atoms with Crippen LogP contribution in [0.5, 0.6) is 11.5 Å². The molecular formula is C26H29N3O3. The Morgan fingerprint density at radius 1 is 1.06 bits per heavy atom. The van der Waals surface area contributed by atoms with Gasteiger partial charge in [-0.1, -0.05) is 12.1 Å². The van der Waals surface area contributed by atoms with Gasteiger partial charge in [0.15, 0.2) is 0 Å². The highest BCUT2D eigenvalue weighted by Crippen LogP contribution is 2.44. The minimum Gasteiger partial charge on any atom is -0.497 e. The molecular weight excluding hydrogens is 402 g/mol. The SMILES string of the molecule is CCOc1ccc2c(c1)NC1(CCN(C(=O)Cc3cccc(OC)c3)CC1)c1cccn1-2. The van der Waals surface area contributed by atoms with Crippen molar-refractivity contribution >= 4 is 11.6 Å². The fourth-order valence-electron chi connectivity index (χ4n) is 4.97. The lowest BCUT2D eigenvalue weighted by Gasteiger charge is -2.46. The van der Waals surface area contributed by atoms with Crippen LogP contribution in [0.1, 0.15) is 31.0 Å². The molecule has 1 fully saturated rings. The van der Waals surface area contributed by atoms with Crippen LogP contribution in [-0.2, 0) is 16.8 Å². The molecule has 2 aliphatic heterocycles. The van der Waals surface area contributed by atoms with Gasteiger partial charge in [-0.15, -0.1) is 0 Å². The van der Waals surface area contributed by atoms with Crippen molar-refractivity contribution in [2.45, 2.75) is 31.7 Å². The van der Waals surface area contributed by atoms with E-state index in [1.54, 1.807) is 7.11 Å². The Kier molecular flexibility index (Phi) is 5.29. The average molecular weight is 432 g/mol. The van der Waals surface area contributed by atoms with E-state index in [0.717, 1.165) is 54.4 Å². The smallest absolute Gasteiger partial charge is 0.226 e. The standard InChI is InChI=1S/C26H29N3O3/c1-3-32-21-9-10-23-22(18-21)27-26(24-8-5-13-29(23)24)11-14-28(15-12-26)25(30)17-19-6-4-7-20(16-19)31-2/h4-10,13,16,18,27H,3,11-12,14-15,17H2,1-2H3. The quantitative estimate of drug-likeness (QED) is 0.652. The van der Waals surface area contributed by atoms with Crippen LogP contribution in [-0.4, -0.2) is 42.2 Å². The van der Waals surface area contributed by atoms with E-state index in [-0.39, 0.29) is 11.4 Å². The number of aromatic nitrogens is 1. The van der Waals surface area contributed by atoms with Crippen molar-refractivity contribution in [1.29, 1.82) is 0 Å². The second kappa shape index (κ2) is 8.26. The molecule has 0 saturated carbocycles. The number of likely N-dealkylation sites (tertiary alicyclic amines) is 1. The summed E-state index contributed by atoms with van der Waals surface area (Å²) in [5, 5.41) is 3.82. The molecule has 0 bridgehead atoms. The van der Waals surface area contributed by atoms with E-state index in [1.165, 1.54) is 5.69 Å². The first-order chi connectivity index (χ1) is 15.6. The largest absolute Gasteiger partial charge is 0.497 e. The maximum atomic E-state index is 13.0. The van der Waals surface area contributed by atoms with Crippen molar-refractivity contribution in [2.75, 3.05) is 32.1 Å². The first kappa shape index (κ1) is 20.5. The molecule has 0 radical (unpaired) electrons. The van der Waals surface area contributed by atoms with Crippen LogP contribution in [0.15, 0.2) is 60.8 Å². The van der Waals surface area contributed by atoms with Gasteiger partial charge in [0.05, 0.1) is 37.1 Å². The molecule has 0 unspecified atom stereocenters. The summed E-state index contributed by atoms with van der Waals surface area (Å²) in [6, 6.07) is 18.3. The number of hydrogen-bond donors (Lipinski definition) is 1. The van der Waals surface area contributed by atoms with Gasteiger partial charge in [-0.25, -0.2) is 0 Å². The molecule has 1 amide bonds. The number of nitrogens with zero attached hydrogens (tertiary/aromatic N) is 2. The third kappa shape index (κ3) is 3.60. The van der Waals surface area contributed by atoms with Gasteiger partial charge in [0.1, 0.15) is 11.5 Å². The lowest BCUT2D eigenvalue weighted by atomic mass is 9.82. The van der Waals surface area contributed by atoms with Crippen LogP contribution >= 0.6 is 0 Å². The molecule has 0 atom stereocenters. The number of piperidine rings is 1. The van der Waals surface area contributed by atoms with E-state index in [2.05, 4.69) is 40.3 Å². The summed E-state index contributed by atoms with van der Waals surface area (Å²) < 4.78 is 13.3. The third-order valence-electron chi connectivity index (χ3n) is 6.61. The van der Waals surface area contributed by atoms with E-state index in [1.807, 2.05) is 42.2 Å². The highest BCUT2D eigenvalue weighted by atomic mass is 16.5. The lowest BCUT2D eigenvalue weighted by molar-refractivity contribution is -0.132. The van der Waals surface area contributed by atoms with Gasteiger partial charge < -0.3 is 24.3 Å². The number of nitrogens with one attached hydrogen (secondary N) is 1. The molecule has 1 saturated heterocycles. The first-order valence-electron chi connectivity index (χ1n) is 11.3. The molecule has 1 aromatic heterocycles. The van der Waals surface area contributed by atoms with Crippen molar-refractivity contribution in [3.63, 3.8) is 0 Å². The number of carbonyl (C=O) groups is 1. The summed E-state index contributed by atoms with van der Waals surface area (Å²) in [4.78, 5) is 15.0. The zero-order valence-corrected chi connectivity index (χ0v) is 18.6. The normalized spacial score (nSPS) is 16.1. The summed E-state index contributed by atoms with van der Waals surface area (Å²) in [6.45, 7) is 4.09. The molecule has 2 aromatic carbocycles. The van der Waals surface area contributed by atoms with Crippen LogP contribution in [0.25, 0.3) is 5.69 Å². The summed E-state index contributed by atoms with van der Waals surface area (Å²) >= 11 is 0. The second-order valence-electron chi connectivity index (χ2n) is 8.49. The number of benzene rings is 2. The number of methoxy groups -OCH3 is 1. The van der Waals surface area contributed by atoms with Gasteiger partial charge in [-0.05, 0) is 61.7 Å². The highest BCUT2D eigenvalue weighted by molar-refractivity contribution is 5.79. The maximum absolute atomic E-state index is 13.0. The molecule has 32 heavy (non-hydrogen) atoms. The number of hydrogen-bond acceptors (Lipinski definition) is 4. The molecule has 0 aliphatic carbocycles. The summed E-state index contributed by atoms with van der Waals surface area (Å²) in [6.07, 6.45) is 4.24. The Morgan fingerprint density at radius 2 is 1.91 bits per heavy atom. The number of amides is 1. The molecule has 2 aliphatic rings. The Balaban J connectivity index is 1.33. The highest BCUT2D eigenvalue weighted by Gasteiger charge is 2.42. The topological polar surface area (TPSA) is 55.7 Å². The monoisotopic (exact) mass is 431 g/mol. The minimum atomic E-state index is -0.186. The zero-order chi connectivity index (χ0) is 22.1. The van der Waals surface area contributed by atoms with Crippen LogP contribution in [0, 0.1) is 0 Å². The number of rotatable bonds is 5. The Morgan fingerprint density at radius 3 is 2.69 bits per heavy atom. The van der Waals surface area contributed by atoms with Gasteiger partial charge >= 0.3 is 0 Å². The van der Waals surface area contributed by atoms with Gasteiger partial charge in [0, 0.05) is 31.0 Å². The van der Waals surface area contributed by atoms with Gasteiger partial charge in [-0.2, -0.15) is 0 Å².